The van der Waals surface area contributed by atoms with Crippen LogP contribution in [0.2, 0.25) is 0 Å². The van der Waals surface area contributed by atoms with Crippen LogP contribution in [0.15, 0.2) is 27.8 Å². The van der Waals surface area contributed by atoms with E-state index in [4.69, 9.17) is 0 Å². The average Bonchev–Trinajstić information content (AvgIpc) is 2.49. The maximum atomic E-state index is 9.44. The molecular formula is C17H23BrN2S. The third kappa shape index (κ3) is 4.23. The van der Waals surface area contributed by atoms with Gasteiger partial charge < -0.3 is 0 Å². The molecule has 0 N–H and O–H groups in total. The van der Waals surface area contributed by atoms with Crippen LogP contribution in [0.1, 0.15) is 46.5 Å². The molecule has 1 saturated carbocycles. The number of hydrogen-bond acceptors (Lipinski definition) is 3. The fourth-order valence-electron chi connectivity index (χ4n) is 2.99. The normalized spacial score (nSPS) is 26.3. The van der Waals surface area contributed by atoms with Gasteiger partial charge in [-0.25, -0.2) is 4.98 Å². The van der Waals surface area contributed by atoms with Crippen LogP contribution in [0, 0.1) is 28.6 Å². The molecule has 1 aliphatic carbocycles. The van der Waals surface area contributed by atoms with E-state index >= 15 is 0 Å². The van der Waals surface area contributed by atoms with Crippen molar-refractivity contribution in [1.29, 1.82) is 5.26 Å². The smallest absolute Gasteiger partial charge is 0.0963 e. The highest BCUT2D eigenvalue weighted by Crippen LogP contribution is 2.46. The number of hydrogen-bond donors (Lipinski definition) is 0. The van der Waals surface area contributed by atoms with Crippen molar-refractivity contribution in [3.8, 4) is 6.07 Å². The number of thioether (sulfide) groups is 1. The lowest BCUT2D eigenvalue weighted by molar-refractivity contribution is 0.144. The minimum absolute atomic E-state index is 0.157. The Hall–Kier alpha value is -0.530. The lowest BCUT2D eigenvalue weighted by atomic mass is 9.67. The topological polar surface area (TPSA) is 36.7 Å². The molecule has 1 aromatic rings. The second-order valence-corrected chi connectivity index (χ2v) is 8.73. The van der Waals surface area contributed by atoms with E-state index in [1.54, 1.807) is 11.8 Å². The lowest BCUT2D eigenvalue weighted by Gasteiger charge is -2.41. The maximum Gasteiger partial charge on any atom is 0.0963 e. The number of aromatic nitrogens is 1. The lowest BCUT2D eigenvalue weighted by Crippen LogP contribution is -2.34. The zero-order valence-electron chi connectivity index (χ0n) is 13.0. The molecule has 0 aromatic carbocycles. The Bertz CT molecular complexity index is 507. The standard InChI is InChI=1S/C17H23BrN2S/c1-4-17(2,3)13-6-5-12(10-19)15(9-13)21-16-8-7-14(18)11-20-16/h7-8,11-13,15H,4-6,9H2,1-3H3. The van der Waals surface area contributed by atoms with Crippen molar-refractivity contribution in [2.24, 2.45) is 17.3 Å². The average molecular weight is 367 g/mol. The molecule has 4 heteroatoms. The van der Waals surface area contributed by atoms with Crippen LogP contribution in [-0.2, 0) is 0 Å². The van der Waals surface area contributed by atoms with Gasteiger partial charge in [0.2, 0.25) is 0 Å². The molecule has 21 heavy (non-hydrogen) atoms. The molecule has 0 radical (unpaired) electrons. The van der Waals surface area contributed by atoms with Crippen molar-refractivity contribution in [1.82, 2.24) is 4.98 Å². The third-order valence-corrected chi connectivity index (χ3v) is 6.72. The zero-order valence-corrected chi connectivity index (χ0v) is 15.4. The largest absolute Gasteiger partial charge is 0.249 e. The molecule has 1 aliphatic rings. The first kappa shape index (κ1) is 16.8. The summed E-state index contributed by atoms with van der Waals surface area (Å²) in [5, 5.41) is 10.8. The minimum Gasteiger partial charge on any atom is -0.249 e. The Morgan fingerprint density at radius 2 is 2.19 bits per heavy atom. The molecule has 0 spiro atoms. The zero-order chi connectivity index (χ0) is 15.5. The Labute approximate surface area is 140 Å². The predicted molar refractivity (Wildman–Crippen MR) is 92.1 cm³/mol. The molecule has 0 aliphatic heterocycles. The first-order valence-electron chi connectivity index (χ1n) is 7.64. The summed E-state index contributed by atoms with van der Waals surface area (Å²) >= 11 is 5.20. The molecule has 1 heterocycles. The van der Waals surface area contributed by atoms with E-state index in [-0.39, 0.29) is 5.92 Å². The molecule has 1 aromatic heterocycles. The highest BCUT2D eigenvalue weighted by molar-refractivity contribution is 9.10. The Morgan fingerprint density at radius 1 is 1.43 bits per heavy atom. The van der Waals surface area contributed by atoms with E-state index in [0.717, 1.165) is 22.3 Å². The van der Waals surface area contributed by atoms with E-state index in [0.29, 0.717) is 16.6 Å². The van der Waals surface area contributed by atoms with Gasteiger partial charge >= 0.3 is 0 Å². The Balaban J connectivity index is 2.10. The van der Waals surface area contributed by atoms with E-state index in [2.05, 4.69) is 47.8 Å². The quantitative estimate of drug-likeness (QED) is 0.687. The first-order chi connectivity index (χ1) is 9.96. The van der Waals surface area contributed by atoms with Gasteiger partial charge in [-0.2, -0.15) is 5.26 Å². The highest BCUT2D eigenvalue weighted by atomic mass is 79.9. The molecule has 2 rings (SSSR count). The van der Waals surface area contributed by atoms with Gasteiger partial charge in [0.1, 0.15) is 0 Å². The van der Waals surface area contributed by atoms with Crippen LogP contribution in [0.3, 0.4) is 0 Å². The predicted octanol–water partition coefficient (Wildman–Crippen LogP) is 5.68. The Kier molecular flexibility index (Phi) is 5.73. The monoisotopic (exact) mass is 366 g/mol. The van der Waals surface area contributed by atoms with Crippen LogP contribution >= 0.6 is 27.7 Å². The third-order valence-electron chi connectivity index (χ3n) is 4.95. The summed E-state index contributed by atoms with van der Waals surface area (Å²) in [5.74, 6) is 0.865. The van der Waals surface area contributed by atoms with Crippen molar-refractivity contribution < 1.29 is 0 Å². The van der Waals surface area contributed by atoms with Gasteiger partial charge in [-0.15, -0.1) is 11.8 Å². The number of rotatable bonds is 4. The number of halogens is 1. The van der Waals surface area contributed by atoms with Gasteiger partial charge in [-0.3, -0.25) is 0 Å². The minimum atomic E-state index is 0.157. The second kappa shape index (κ2) is 7.15. The van der Waals surface area contributed by atoms with Crippen molar-refractivity contribution in [2.75, 3.05) is 0 Å². The van der Waals surface area contributed by atoms with E-state index in [1.807, 2.05) is 18.3 Å². The summed E-state index contributed by atoms with van der Waals surface area (Å²) in [5.41, 5.74) is 0.367. The molecule has 3 atom stereocenters. The summed E-state index contributed by atoms with van der Waals surface area (Å²) in [7, 11) is 0. The molecule has 0 amide bonds. The molecule has 114 valence electrons. The fourth-order valence-corrected chi connectivity index (χ4v) is 4.49. The molecule has 1 fully saturated rings. The van der Waals surface area contributed by atoms with Crippen molar-refractivity contribution in [3.05, 3.63) is 22.8 Å². The summed E-state index contributed by atoms with van der Waals surface area (Å²) in [6.07, 6.45) is 6.37. The Morgan fingerprint density at radius 3 is 2.76 bits per heavy atom. The number of nitrogens with zero attached hydrogens (tertiary/aromatic N) is 2. The highest BCUT2D eigenvalue weighted by Gasteiger charge is 2.37. The van der Waals surface area contributed by atoms with Crippen LogP contribution in [0.4, 0.5) is 0 Å². The van der Waals surface area contributed by atoms with Gasteiger partial charge in [0.15, 0.2) is 0 Å². The summed E-state index contributed by atoms with van der Waals surface area (Å²) in [6.45, 7) is 7.00. The maximum absolute atomic E-state index is 9.44. The van der Waals surface area contributed by atoms with Gasteiger partial charge in [-0.05, 0) is 58.7 Å². The second-order valence-electron chi connectivity index (χ2n) is 6.56. The first-order valence-corrected chi connectivity index (χ1v) is 9.31. The van der Waals surface area contributed by atoms with Gasteiger partial charge in [0, 0.05) is 15.9 Å². The summed E-state index contributed by atoms with van der Waals surface area (Å²) < 4.78 is 0.998. The molecule has 2 nitrogen and oxygen atoms in total. The van der Waals surface area contributed by atoms with E-state index in [9.17, 15) is 5.26 Å². The fraction of sp³-hybridized carbons (Fsp3) is 0.647. The van der Waals surface area contributed by atoms with Crippen molar-refractivity contribution >= 4 is 27.7 Å². The van der Waals surface area contributed by atoms with Crippen molar-refractivity contribution in [3.63, 3.8) is 0 Å². The van der Waals surface area contributed by atoms with Crippen molar-refractivity contribution in [2.45, 2.75) is 56.7 Å². The molecule has 3 unspecified atom stereocenters. The van der Waals surface area contributed by atoms with Crippen LogP contribution in [0.25, 0.3) is 0 Å². The molecule has 0 saturated heterocycles. The van der Waals surface area contributed by atoms with Crippen LogP contribution < -0.4 is 0 Å². The van der Waals surface area contributed by atoms with Gasteiger partial charge in [-0.1, -0.05) is 27.2 Å². The van der Waals surface area contributed by atoms with Crippen LogP contribution in [-0.4, -0.2) is 10.2 Å². The van der Waals surface area contributed by atoms with E-state index in [1.165, 1.54) is 12.8 Å². The molecule has 0 bridgehead atoms. The summed E-state index contributed by atoms with van der Waals surface area (Å²) in [4.78, 5) is 4.46. The SMILES string of the molecule is CCC(C)(C)C1CCC(C#N)C(Sc2ccc(Br)cn2)C1. The van der Waals surface area contributed by atoms with E-state index < -0.39 is 0 Å². The number of nitriles is 1. The number of pyridine rings is 1. The molecular weight excluding hydrogens is 344 g/mol. The summed E-state index contributed by atoms with van der Waals surface area (Å²) in [6, 6.07) is 6.58. The van der Waals surface area contributed by atoms with Gasteiger partial charge in [0.05, 0.1) is 17.0 Å². The van der Waals surface area contributed by atoms with Crippen LogP contribution in [0.5, 0.6) is 0 Å². The van der Waals surface area contributed by atoms with Gasteiger partial charge in [0.25, 0.3) is 0 Å².